The van der Waals surface area contributed by atoms with Crippen molar-refractivity contribution >= 4 is 27.0 Å². The first kappa shape index (κ1) is 22.6. The van der Waals surface area contributed by atoms with E-state index in [0.29, 0.717) is 18.0 Å². The summed E-state index contributed by atoms with van der Waals surface area (Å²) in [6.07, 6.45) is 2.57. The van der Waals surface area contributed by atoms with Gasteiger partial charge in [0.2, 0.25) is 15.9 Å². The Kier molecular flexibility index (Phi) is 7.48. The summed E-state index contributed by atoms with van der Waals surface area (Å²) in [5, 5.41) is 2.81. The second-order valence-electron chi connectivity index (χ2n) is 6.79. The number of aromatic nitrogens is 2. The number of nitrogens with one attached hydrogen (secondary N) is 2. The predicted octanol–water partition coefficient (Wildman–Crippen LogP) is 1.93. The highest BCUT2D eigenvalue weighted by Crippen LogP contribution is 2.29. The topological polar surface area (TPSA) is 112 Å². The Balaban J connectivity index is 1.41. The third kappa shape index (κ3) is 5.74. The predicted molar refractivity (Wildman–Crippen MR) is 117 cm³/mol. The van der Waals surface area contributed by atoms with Crippen molar-refractivity contribution in [3.05, 3.63) is 48.8 Å². The highest BCUT2D eigenvalue weighted by molar-refractivity contribution is 7.89. The van der Waals surface area contributed by atoms with E-state index in [0.717, 1.165) is 24.0 Å². The lowest BCUT2D eigenvalue weighted by molar-refractivity contribution is -0.120. The van der Waals surface area contributed by atoms with Gasteiger partial charge in [0.1, 0.15) is 0 Å². The molecule has 3 rings (SSSR count). The molecule has 0 radical (unpaired) electrons. The first-order valence-corrected chi connectivity index (χ1v) is 11.3. The number of benzene rings is 2. The Morgan fingerprint density at radius 1 is 1.06 bits per heavy atom. The van der Waals surface area contributed by atoms with E-state index < -0.39 is 10.0 Å². The second-order valence-corrected chi connectivity index (χ2v) is 8.56. The molecule has 0 unspecified atom stereocenters. The molecule has 2 aromatic carbocycles. The largest absolute Gasteiger partial charge is 0.493 e. The van der Waals surface area contributed by atoms with E-state index in [1.54, 1.807) is 6.33 Å². The van der Waals surface area contributed by atoms with E-state index in [1.165, 1.54) is 32.4 Å². The van der Waals surface area contributed by atoms with Crippen LogP contribution in [0.15, 0.2) is 53.7 Å². The van der Waals surface area contributed by atoms with Crippen LogP contribution in [0.5, 0.6) is 11.5 Å². The van der Waals surface area contributed by atoms with E-state index >= 15 is 0 Å². The lowest BCUT2D eigenvalue weighted by atomic mass is 10.3. The van der Waals surface area contributed by atoms with Crippen molar-refractivity contribution in [2.75, 3.05) is 27.3 Å². The molecule has 0 spiro atoms. The first-order valence-electron chi connectivity index (χ1n) is 9.83. The number of sulfonamides is 1. The Morgan fingerprint density at radius 3 is 2.61 bits per heavy atom. The van der Waals surface area contributed by atoms with Gasteiger partial charge in [0.15, 0.2) is 11.5 Å². The smallest absolute Gasteiger partial charge is 0.240 e. The number of hydrogen-bond donors (Lipinski definition) is 2. The minimum absolute atomic E-state index is 0.00529. The molecule has 0 saturated heterocycles. The fraction of sp³-hybridized carbons (Fsp3) is 0.333. The number of imidazole rings is 1. The van der Waals surface area contributed by atoms with Crippen molar-refractivity contribution in [2.24, 2.45) is 0 Å². The van der Waals surface area contributed by atoms with Crippen LogP contribution in [-0.2, 0) is 21.4 Å². The van der Waals surface area contributed by atoms with Crippen molar-refractivity contribution in [1.82, 2.24) is 19.6 Å². The number of ether oxygens (including phenoxy) is 2. The summed E-state index contributed by atoms with van der Waals surface area (Å²) >= 11 is 0. The summed E-state index contributed by atoms with van der Waals surface area (Å²) in [5.41, 5.74) is 1.99. The van der Waals surface area contributed by atoms with E-state index in [1.807, 2.05) is 28.8 Å². The molecular formula is C21H26N4O5S. The second kappa shape index (κ2) is 10.3. The number of hydrogen-bond acceptors (Lipinski definition) is 6. The van der Waals surface area contributed by atoms with Crippen molar-refractivity contribution in [1.29, 1.82) is 0 Å². The minimum Gasteiger partial charge on any atom is -0.493 e. The fourth-order valence-electron chi connectivity index (χ4n) is 3.12. The molecule has 0 saturated carbocycles. The van der Waals surface area contributed by atoms with Crippen molar-refractivity contribution in [3.63, 3.8) is 0 Å². The zero-order valence-corrected chi connectivity index (χ0v) is 18.3. The van der Waals surface area contributed by atoms with Crippen LogP contribution < -0.4 is 19.5 Å². The van der Waals surface area contributed by atoms with Gasteiger partial charge in [-0.05, 0) is 30.7 Å². The van der Waals surface area contributed by atoms with Gasteiger partial charge >= 0.3 is 0 Å². The van der Waals surface area contributed by atoms with Crippen LogP contribution in [0.25, 0.3) is 11.0 Å². The number of nitrogens with zero attached hydrogens (tertiary/aromatic N) is 2. The van der Waals surface area contributed by atoms with Gasteiger partial charge in [0.25, 0.3) is 0 Å². The van der Waals surface area contributed by atoms with Crippen molar-refractivity contribution < 1.29 is 22.7 Å². The molecule has 0 aliphatic heterocycles. The molecule has 1 aromatic heterocycles. The van der Waals surface area contributed by atoms with E-state index in [-0.39, 0.29) is 23.8 Å². The summed E-state index contributed by atoms with van der Waals surface area (Å²) in [5.74, 6) is 0.531. The van der Waals surface area contributed by atoms with Gasteiger partial charge in [-0.1, -0.05) is 12.1 Å². The molecular weight excluding hydrogens is 420 g/mol. The highest BCUT2D eigenvalue weighted by Gasteiger charge is 2.17. The van der Waals surface area contributed by atoms with Crippen LogP contribution in [0, 0.1) is 0 Å². The quantitative estimate of drug-likeness (QED) is 0.436. The maximum absolute atomic E-state index is 12.4. The number of carbonyl (C=O) groups excluding carboxylic acids is 1. The van der Waals surface area contributed by atoms with Gasteiger partial charge in [-0.15, -0.1) is 0 Å². The Labute approximate surface area is 181 Å². The molecule has 166 valence electrons. The summed E-state index contributed by atoms with van der Waals surface area (Å²) < 4.78 is 39.6. The van der Waals surface area contributed by atoms with Crippen LogP contribution in [0.4, 0.5) is 0 Å². The van der Waals surface area contributed by atoms with Gasteiger partial charge in [-0.3, -0.25) is 4.79 Å². The van der Waals surface area contributed by atoms with Gasteiger partial charge in [0.05, 0.1) is 36.5 Å². The molecule has 0 fully saturated rings. The normalized spacial score (nSPS) is 11.4. The number of carbonyl (C=O) groups is 1. The molecule has 0 aliphatic rings. The molecule has 0 atom stereocenters. The summed E-state index contributed by atoms with van der Waals surface area (Å²) in [7, 11) is -0.860. The highest BCUT2D eigenvalue weighted by atomic mass is 32.2. The van der Waals surface area contributed by atoms with E-state index in [2.05, 4.69) is 15.0 Å². The zero-order valence-electron chi connectivity index (χ0n) is 17.5. The van der Waals surface area contributed by atoms with Crippen LogP contribution in [-0.4, -0.2) is 51.2 Å². The monoisotopic (exact) mass is 446 g/mol. The maximum Gasteiger partial charge on any atom is 0.240 e. The first-order chi connectivity index (χ1) is 14.9. The number of rotatable bonds is 11. The fourth-order valence-corrected chi connectivity index (χ4v) is 4.17. The molecule has 0 bridgehead atoms. The Morgan fingerprint density at radius 2 is 1.84 bits per heavy atom. The lowest BCUT2D eigenvalue weighted by Crippen LogP contribution is -2.31. The number of methoxy groups -OCH3 is 2. The summed E-state index contributed by atoms with van der Waals surface area (Å²) in [4.78, 5) is 16.4. The summed E-state index contributed by atoms with van der Waals surface area (Å²) in [6.45, 7) is 1.22. The summed E-state index contributed by atoms with van der Waals surface area (Å²) in [6, 6.07) is 12.2. The van der Waals surface area contributed by atoms with Gasteiger partial charge in [-0.25, -0.2) is 18.1 Å². The van der Waals surface area contributed by atoms with Gasteiger partial charge < -0.3 is 19.4 Å². The number of para-hydroxylation sites is 2. The van der Waals surface area contributed by atoms with Gasteiger partial charge in [-0.2, -0.15) is 0 Å². The van der Waals surface area contributed by atoms with Crippen molar-refractivity contribution in [3.8, 4) is 11.5 Å². The number of aryl methyl sites for hydroxylation is 1. The third-order valence-electron chi connectivity index (χ3n) is 4.73. The maximum atomic E-state index is 12.4. The molecule has 3 aromatic rings. The Hall–Kier alpha value is -3.11. The number of amides is 1. The van der Waals surface area contributed by atoms with Crippen molar-refractivity contribution in [2.45, 2.75) is 24.3 Å². The van der Waals surface area contributed by atoms with E-state index in [9.17, 15) is 13.2 Å². The average Bonchev–Trinajstić information content (AvgIpc) is 3.19. The third-order valence-corrected chi connectivity index (χ3v) is 6.19. The Bertz CT molecular complexity index is 1140. The SMILES string of the molecule is COc1ccc(S(=O)(=O)NCCC(=O)NCCCn2cnc3ccccc32)cc1OC. The molecule has 9 nitrogen and oxygen atoms in total. The minimum atomic E-state index is -3.76. The van der Waals surface area contributed by atoms with E-state index in [4.69, 9.17) is 9.47 Å². The average molecular weight is 447 g/mol. The lowest BCUT2D eigenvalue weighted by Gasteiger charge is -2.11. The molecule has 2 N–H and O–H groups in total. The molecule has 31 heavy (non-hydrogen) atoms. The molecule has 10 heteroatoms. The van der Waals surface area contributed by atoms with Crippen LogP contribution in [0.2, 0.25) is 0 Å². The molecule has 0 aliphatic carbocycles. The molecule has 1 amide bonds. The van der Waals surface area contributed by atoms with Crippen LogP contribution in [0.3, 0.4) is 0 Å². The standard InChI is InChI=1S/C21H26N4O5S/c1-29-19-9-8-16(14-20(19)30-2)31(27,28)24-12-10-21(26)22-11-5-13-25-15-23-17-6-3-4-7-18(17)25/h3-4,6-9,14-15,24H,5,10-13H2,1-2H3,(H,22,26). The van der Waals surface area contributed by atoms with Gasteiger partial charge in [0, 0.05) is 32.1 Å². The van der Waals surface area contributed by atoms with Crippen LogP contribution >= 0.6 is 0 Å². The zero-order chi connectivity index (χ0) is 22.3. The number of fused-ring (bicyclic) bond motifs is 1. The molecule has 1 heterocycles. The van der Waals surface area contributed by atoms with Crippen LogP contribution in [0.1, 0.15) is 12.8 Å².